The van der Waals surface area contributed by atoms with Crippen molar-refractivity contribution in [3.8, 4) is 11.5 Å². The van der Waals surface area contributed by atoms with E-state index >= 15 is 0 Å². The van der Waals surface area contributed by atoms with Gasteiger partial charge in [0.15, 0.2) is 6.04 Å². The largest absolute Gasteiger partial charge is 0.480 e. The van der Waals surface area contributed by atoms with Crippen LogP contribution in [0.3, 0.4) is 0 Å². The molecular weight excluding hydrogens is 394 g/mol. The molecule has 8 nitrogen and oxygen atoms in total. The molecular formula is C20H15N3O5S. The van der Waals surface area contributed by atoms with Crippen molar-refractivity contribution >= 4 is 39.4 Å². The number of aromatic nitrogens is 1. The second-order valence-electron chi connectivity index (χ2n) is 6.48. The number of pyridine rings is 1. The number of hydrogen-bond acceptors (Lipinski definition) is 7. The fraction of sp³-hybridized carbons (Fsp3) is 0.150. The molecule has 9 heteroatoms. The molecule has 146 valence electrons. The molecule has 1 atom stereocenters. The summed E-state index contributed by atoms with van der Waals surface area (Å²) in [6, 6.07) is 12.9. The second kappa shape index (κ2) is 7.51. The lowest BCUT2D eigenvalue weighted by Crippen LogP contribution is -2.17. The molecule has 1 N–H and O–H groups in total. The SMILES string of the molecule is Cc1ccc(Oc2ccc3nc(C4=N[C@@H](C(=O)O)CS4)ccc3c2)c([N+](=O)[O-])c1. The first-order valence-corrected chi connectivity index (χ1v) is 9.67. The minimum Gasteiger partial charge on any atom is -0.480 e. The highest BCUT2D eigenvalue weighted by Gasteiger charge is 2.25. The van der Waals surface area contributed by atoms with Crippen LogP contribution < -0.4 is 4.74 Å². The van der Waals surface area contributed by atoms with Crippen molar-refractivity contribution in [1.82, 2.24) is 4.98 Å². The summed E-state index contributed by atoms with van der Waals surface area (Å²) in [4.78, 5) is 30.6. The van der Waals surface area contributed by atoms with Crippen LogP contribution in [0.15, 0.2) is 53.5 Å². The summed E-state index contributed by atoms with van der Waals surface area (Å²) in [7, 11) is 0. The number of rotatable bonds is 5. The van der Waals surface area contributed by atoms with Gasteiger partial charge in [-0.15, -0.1) is 11.8 Å². The first kappa shape index (κ1) is 18.9. The highest BCUT2D eigenvalue weighted by Crippen LogP contribution is 2.33. The van der Waals surface area contributed by atoms with Crippen molar-refractivity contribution in [3.63, 3.8) is 0 Å². The number of fused-ring (bicyclic) bond motifs is 1. The van der Waals surface area contributed by atoms with Crippen LogP contribution in [0.1, 0.15) is 11.3 Å². The Bertz CT molecular complexity index is 1180. The zero-order chi connectivity index (χ0) is 20.5. The molecule has 0 saturated carbocycles. The molecule has 0 aliphatic carbocycles. The van der Waals surface area contributed by atoms with E-state index in [0.717, 1.165) is 10.9 Å². The van der Waals surface area contributed by atoms with Crippen molar-refractivity contribution in [2.24, 2.45) is 4.99 Å². The maximum Gasteiger partial charge on any atom is 0.329 e. The topological polar surface area (TPSA) is 115 Å². The standard InChI is InChI=1S/C20H15N3O5S/c1-11-2-7-18(17(8-11)23(26)27)28-13-4-6-14-12(9-13)3-5-15(21-14)19-22-16(10-29-19)20(24)25/h2-9,16H,10H2,1H3,(H,24,25)/t16-/m1/s1. The Hall–Kier alpha value is -3.46. The Morgan fingerprint density at radius 1 is 1.24 bits per heavy atom. The van der Waals surface area contributed by atoms with Gasteiger partial charge in [0, 0.05) is 17.2 Å². The third kappa shape index (κ3) is 3.90. The van der Waals surface area contributed by atoms with Gasteiger partial charge in [0.05, 0.1) is 16.1 Å². The number of aryl methyl sites for hydroxylation is 1. The second-order valence-corrected chi connectivity index (χ2v) is 7.49. The van der Waals surface area contributed by atoms with Gasteiger partial charge in [0.1, 0.15) is 10.8 Å². The van der Waals surface area contributed by atoms with Crippen LogP contribution in [0.4, 0.5) is 5.69 Å². The van der Waals surface area contributed by atoms with E-state index in [1.54, 1.807) is 43.3 Å². The quantitative estimate of drug-likeness (QED) is 0.496. The van der Waals surface area contributed by atoms with Crippen molar-refractivity contribution in [3.05, 3.63) is 69.9 Å². The molecule has 0 spiro atoms. The number of ether oxygens (including phenoxy) is 1. The van der Waals surface area contributed by atoms with Gasteiger partial charge in [-0.2, -0.15) is 0 Å². The summed E-state index contributed by atoms with van der Waals surface area (Å²) >= 11 is 1.37. The number of aliphatic imine (C=N–C) groups is 1. The van der Waals surface area contributed by atoms with E-state index < -0.39 is 16.9 Å². The molecule has 0 amide bonds. The number of thioether (sulfide) groups is 1. The number of nitrogens with zero attached hydrogens (tertiary/aromatic N) is 3. The van der Waals surface area contributed by atoms with Gasteiger partial charge >= 0.3 is 11.7 Å². The number of carboxylic acid groups (broad SMARTS) is 1. The van der Waals surface area contributed by atoms with Crippen molar-refractivity contribution in [1.29, 1.82) is 0 Å². The van der Waals surface area contributed by atoms with E-state index in [0.29, 0.717) is 27.8 Å². The summed E-state index contributed by atoms with van der Waals surface area (Å²) in [6.45, 7) is 1.78. The van der Waals surface area contributed by atoms with Gasteiger partial charge in [0.2, 0.25) is 5.75 Å². The van der Waals surface area contributed by atoms with E-state index in [1.165, 1.54) is 17.8 Å². The monoisotopic (exact) mass is 409 g/mol. The lowest BCUT2D eigenvalue weighted by molar-refractivity contribution is -0.385. The first-order chi connectivity index (χ1) is 13.9. The molecule has 1 aromatic heterocycles. The average molecular weight is 409 g/mol. The Morgan fingerprint density at radius 2 is 2.07 bits per heavy atom. The summed E-state index contributed by atoms with van der Waals surface area (Å²) in [5, 5.41) is 21.7. The molecule has 1 aliphatic rings. The van der Waals surface area contributed by atoms with E-state index in [-0.39, 0.29) is 11.4 Å². The van der Waals surface area contributed by atoms with Gasteiger partial charge in [0.25, 0.3) is 0 Å². The third-order valence-electron chi connectivity index (χ3n) is 4.35. The fourth-order valence-corrected chi connectivity index (χ4v) is 3.91. The highest BCUT2D eigenvalue weighted by molar-refractivity contribution is 8.14. The van der Waals surface area contributed by atoms with E-state index in [2.05, 4.69) is 9.98 Å². The molecule has 3 aromatic rings. The van der Waals surface area contributed by atoms with Crippen LogP contribution in [0.5, 0.6) is 11.5 Å². The number of benzene rings is 2. The molecule has 4 rings (SSSR count). The van der Waals surface area contributed by atoms with Gasteiger partial charge in [-0.05, 0) is 42.8 Å². The van der Waals surface area contributed by atoms with Crippen LogP contribution in [0.25, 0.3) is 10.9 Å². The summed E-state index contributed by atoms with van der Waals surface area (Å²) in [5.74, 6) is 0.0747. The molecule has 0 saturated heterocycles. The molecule has 0 radical (unpaired) electrons. The van der Waals surface area contributed by atoms with Crippen molar-refractivity contribution in [2.75, 3.05) is 5.75 Å². The molecule has 0 bridgehead atoms. The Morgan fingerprint density at radius 3 is 2.79 bits per heavy atom. The van der Waals surface area contributed by atoms with Crippen molar-refractivity contribution < 1.29 is 19.6 Å². The Kier molecular flexibility index (Phi) is 4.89. The van der Waals surface area contributed by atoms with Gasteiger partial charge in [-0.3, -0.25) is 15.1 Å². The first-order valence-electron chi connectivity index (χ1n) is 8.68. The lowest BCUT2D eigenvalue weighted by Gasteiger charge is -2.08. The van der Waals surface area contributed by atoms with Gasteiger partial charge in [-0.25, -0.2) is 9.78 Å². The number of carboxylic acids is 1. The van der Waals surface area contributed by atoms with Crippen LogP contribution in [0, 0.1) is 17.0 Å². The zero-order valence-electron chi connectivity index (χ0n) is 15.2. The summed E-state index contributed by atoms with van der Waals surface area (Å²) in [6.07, 6.45) is 0. The van der Waals surface area contributed by atoms with Crippen LogP contribution in [0.2, 0.25) is 0 Å². The molecule has 29 heavy (non-hydrogen) atoms. The summed E-state index contributed by atoms with van der Waals surface area (Å²) in [5.41, 5.74) is 1.99. The van der Waals surface area contributed by atoms with E-state index in [1.807, 2.05) is 6.07 Å². The van der Waals surface area contributed by atoms with Crippen molar-refractivity contribution in [2.45, 2.75) is 13.0 Å². The minimum atomic E-state index is -0.944. The number of nitro groups is 1. The Balaban J connectivity index is 1.62. The molecule has 2 aromatic carbocycles. The van der Waals surface area contributed by atoms with E-state index in [4.69, 9.17) is 9.84 Å². The lowest BCUT2D eigenvalue weighted by atomic mass is 10.2. The van der Waals surface area contributed by atoms with Gasteiger partial charge < -0.3 is 9.84 Å². The number of hydrogen-bond donors (Lipinski definition) is 1. The normalized spacial score (nSPS) is 15.9. The zero-order valence-corrected chi connectivity index (χ0v) is 16.0. The molecule has 0 unspecified atom stereocenters. The van der Waals surface area contributed by atoms with Gasteiger partial charge in [-0.1, -0.05) is 12.1 Å². The minimum absolute atomic E-state index is 0.0946. The number of carbonyl (C=O) groups is 1. The molecule has 1 aliphatic heterocycles. The molecule has 0 fully saturated rings. The number of aliphatic carboxylic acids is 1. The average Bonchev–Trinajstić information content (AvgIpc) is 3.19. The Labute approximate surface area is 169 Å². The smallest absolute Gasteiger partial charge is 0.329 e. The maximum absolute atomic E-state index is 11.3. The maximum atomic E-state index is 11.3. The van der Waals surface area contributed by atoms with Crippen LogP contribution in [-0.2, 0) is 4.79 Å². The van der Waals surface area contributed by atoms with Crippen LogP contribution >= 0.6 is 11.8 Å². The highest BCUT2D eigenvalue weighted by atomic mass is 32.2. The van der Waals surface area contributed by atoms with Crippen LogP contribution in [-0.4, -0.2) is 37.8 Å². The summed E-state index contributed by atoms with van der Waals surface area (Å²) < 4.78 is 5.74. The molecule has 2 heterocycles. The van der Waals surface area contributed by atoms with E-state index in [9.17, 15) is 14.9 Å². The predicted molar refractivity (Wildman–Crippen MR) is 110 cm³/mol. The fourth-order valence-electron chi connectivity index (χ4n) is 2.91. The predicted octanol–water partition coefficient (Wildman–Crippen LogP) is 4.19. The number of nitro benzene ring substituents is 1. The third-order valence-corrected chi connectivity index (χ3v) is 5.43.